The second-order valence-corrected chi connectivity index (χ2v) is 10.1. The molecule has 0 saturated carbocycles. The summed E-state index contributed by atoms with van der Waals surface area (Å²) < 4.78 is 27.6. The zero-order valence-electron chi connectivity index (χ0n) is 17.6. The van der Waals surface area contributed by atoms with Crippen molar-refractivity contribution in [2.75, 3.05) is 6.54 Å². The number of aryl methyl sites for hydroxylation is 2. The van der Waals surface area contributed by atoms with Crippen LogP contribution in [-0.2, 0) is 22.9 Å². The van der Waals surface area contributed by atoms with Crippen molar-refractivity contribution in [1.82, 2.24) is 15.2 Å². The van der Waals surface area contributed by atoms with Gasteiger partial charge in [0, 0.05) is 23.7 Å². The van der Waals surface area contributed by atoms with Gasteiger partial charge in [-0.25, -0.2) is 8.42 Å². The Morgan fingerprint density at radius 2 is 1.61 bits per heavy atom. The molecule has 1 fully saturated rings. The van der Waals surface area contributed by atoms with E-state index in [1.165, 1.54) is 33.6 Å². The third kappa shape index (κ3) is 4.50. The standard InChI is InChI=1S/C23H27N3O4S/c1-16-6-2-3-13-26(16)31(29,30)21-10-5-9-19(15-21)22(27)24-25-23(28)20-12-11-17-7-4-8-18(17)14-20/h5,9-12,14-16H,2-4,6-8,13H2,1H3,(H,24,27)(H,25,28)/t16-/m1/s1. The average Bonchev–Trinajstić information content (AvgIpc) is 3.25. The molecule has 164 valence electrons. The summed E-state index contributed by atoms with van der Waals surface area (Å²) in [6, 6.07) is 11.4. The summed E-state index contributed by atoms with van der Waals surface area (Å²) in [5, 5.41) is 0. The van der Waals surface area contributed by atoms with E-state index in [0.717, 1.165) is 38.5 Å². The van der Waals surface area contributed by atoms with Gasteiger partial charge < -0.3 is 0 Å². The number of benzene rings is 2. The van der Waals surface area contributed by atoms with Crippen molar-refractivity contribution in [3.05, 3.63) is 64.7 Å². The van der Waals surface area contributed by atoms with Crippen LogP contribution in [0, 0.1) is 0 Å². The number of sulfonamides is 1. The number of piperidine rings is 1. The third-order valence-corrected chi connectivity index (χ3v) is 8.10. The highest BCUT2D eigenvalue weighted by Crippen LogP contribution is 2.26. The lowest BCUT2D eigenvalue weighted by atomic mass is 10.1. The lowest BCUT2D eigenvalue weighted by Crippen LogP contribution is -2.42. The monoisotopic (exact) mass is 441 g/mol. The molecule has 0 aromatic heterocycles. The number of nitrogens with one attached hydrogen (secondary N) is 2. The minimum Gasteiger partial charge on any atom is -0.267 e. The van der Waals surface area contributed by atoms with Gasteiger partial charge in [-0.05, 0) is 80.5 Å². The minimum absolute atomic E-state index is 0.0668. The Morgan fingerprint density at radius 1 is 0.903 bits per heavy atom. The Labute approximate surface area is 182 Å². The van der Waals surface area contributed by atoms with E-state index >= 15 is 0 Å². The first-order valence-electron chi connectivity index (χ1n) is 10.7. The first-order chi connectivity index (χ1) is 14.9. The summed E-state index contributed by atoms with van der Waals surface area (Å²) in [4.78, 5) is 25.1. The summed E-state index contributed by atoms with van der Waals surface area (Å²) in [6.45, 7) is 2.39. The SMILES string of the molecule is C[C@@H]1CCCCN1S(=O)(=O)c1cccc(C(=O)NNC(=O)c2ccc3c(c2)CCC3)c1. The molecule has 2 amide bonds. The number of fused-ring (bicyclic) bond motifs is 1. The zero-order chi connectivity index (χ0) is 22.0. The molecule has 2 aromatic rings. The van der Waals surface area contributed by atoms with Crippen molar-refractivity contribution in [1.29, 1.82) is 0 Å². The molecule has 7 nitrogen and oxygen atoms in total. The van der Waals surface area contributed by atoms with E-state index in [2.05, 4.69) is 10.9 Å². The van der Waals surface area contributed by atoms with Gasteiger partial charge in [0.2, 0.25) is 10.0 Å². The Hall–Kier alpha value is -2.71. The van der Waals surface area contributed by atoms with E-state index in [4.69, 9.17) is 0 Å². The fourth-order valence-electron chi connectivity index (χ4n) is 4.33. The number of hydrazine groups is 1. The third-order valence-electron chi connectivity index (χ3n) is 6.10. The number of amides is 2. The second kappa shape index (κ2) is 8.80. The Balaban J connectivity index is 1.44. The number of nitrogens with zero attached hydrogens (tertiary/aromatic N) is 1. The fraction of sp³-hybridized carbons (Fsp3) is 0.391. The van der Waals surface area contributed by atoms with Crippen LogP contribution in [0.5, 0.6) is 0 Å². The topological polar surface area (TPSA) is 95.6 Å². The molecular weight excluding hydrogens is 414 g/mol. The maximum absolute atomic E-state index is 13.0. The second-order valence-electron chi connectivity index (χ2n) is 8.23. The molecule has 1 saturated heterocycles. The highest BCUT2D eigenvalue weighted by molar-refractivity contribution is 7.89. The van der Waals surface area contributed by atoms with Crippen LogP contribution in [0.2, 0.25) is 0 Å². The van der Waals surface area contributed by atoms with Gasteiger partial charge in [0.15, 0.2) is 0 Å². The van der Waals surface area contributed by atoms with Crippen molar-refractivity contribution >= 4 is 21.8 Å². The van der Waals surface area contributed by atoms with Gasteiger partial charge >= 0.3 is 0 Å². The summed E-state index contributed by atoms with van der Waals surface area (Å²) >= 11 is 0. The average molecular weight is 442 g/mol. The van der Waals surface area contributed by atoms with Gasteiger partial charge in [-0.2, -0.15) is 4.31 Å². The van der Waals surface area contributed by atoms with Gasteiger partial charge in [-0.15, -0.1) is 0 Å². The Morgan fingerprint density at radius 3 is 2.35 bits per heavy atom. The first-order valence-corrected chi connectivity index (χ1v) is 12.1. The molecule has 0 spiro atoms. The smallest absolute Gasteiger partial charge is 0.267 e. The van der Waals surface area contributed by atoms with Crippen molar-refractivity contribution in [2.45, 2.75) is 56.4 Å². The molecule has 0 bridgehead atoms. The predicted octanol–water partition coefficient (Wildman–Crippen LogP) is 2.81. The van der Waals surface area contributed by atoms with Crippen molar-refractivity contribution in [2.24, 2.45) is 0 Å². The molecule has 8 heteroatoms. The molecule has 0 unspecified atom stereocenters. The molecule has 31 heavy (non-hydrogen) atoms. The molecule has 2 aromatic carbocycles. The quantitative estimate of drug-likeness (QED) is 0.713. The van der Waals surface area contributed by atoms with Gasteiger partial charge in [0.25, 0.3) is 11.8 Å². The van der Waals surface area contributed by atoms with Crippen molar-refractivity contribution in [3.63, 3.8) is 0 Å². The van der Waals surface area contributed by atoms with Crippen LogP contribution < -0.4 is 10.9 Å². The molecule has 0 radical (unpaired) electrons. The van der Waals surface area contributed by atoms with Crippen LogP contribution in [0.4, 0.5) is 0 Å². The summed E-state index contributed by atoms with van der Waals surface area (Å²) in [5.74, 6) is -0.979. The van der Waals surface area contributed by atoms with Gasteiger partial charge in [-0.1, -0.05) is 18.6 Å². The molecule has 1 atom stereocenters. The van der Waals surface area contributed by atoms with E-state index in [1.807, 2.05) is 19.1 Å². The van der Waals surface area contributed by atoms with E-state index in [-0.39, 0.29) is 16.5 Å². The summed E-state index contributed by atoms with van der Waals surface area (Å²) in [5.41, 5.74) is 7.89. The van der Waals surface area contributed by atoms with Crippen LogP contribution in [0.3, 0.4) is 0 Å². The molecule has 1 aliphatic heterocycles. The number of carbonyl (C=O) groups is 2. The predicted molar refractivity (Wildman–Crippen MR) is 117 cm³/mol. The number of hydrogen-bond acceptors (Lipinski definition) is 4. The fourth-order valence-corrected chi connectivity index (χ4v) is 6.08. The number of carbonyl (C=O) groups excluding carboxylic acids is 2. The number of hydrogen-bond donors (Lipinski definition) is 2. The van der Waals surface area contributed by atoms with Crippen LogP contribution in [0.1, 0.15) is 64.4 Å². The van der Waals surface area contributed by atoms with E-state index < -0.39 is 21.8 Å². The Kier molecular flexibility index (Phi) is 6.11. The number of rotatable bonds is 4. The normalized spacial score (nSPS) is 18.9. The molecular formula is C23H27N3O4S. The van der Waals surface area contributed by atoms with Crippen LogP contribution in [-0.4, -0.2) is 37.1 Å². The highest BCUT2D eigenvalue weighted by atomic mass is 32.2. The summed E-state index contributed by atoms with van der Waals surface area (Å²) in [6.07, 6.45) is 5.75. The van der Waals surface area contributed by atoms with Crippen LogP contribution >= 0.6 is 0 Å². The largest absolute Gasteiger partial charge is 0.269 e. The van der Waals surface area contributed by atoms with Gasteiger partial charge in [0.1, 0.15) is 0 Å². The zero-order valence-corrected chi connectivity index (χ0v) is 18.4. The van der Waals surface area contributed by atoms with E-state index in [9.17, 15) is 18.0 Å². The molecule has 2 aliphatic rings. The lowest BCUT2D eigenvalue weighted by molar-refractivity contribution is 0.0846. The van der Waals surface area contributed by atoms with Crippen molar-refractivity contribution < 1.29 is 18.0 Å². The molecule has 1 aliphatic carbocycles. The van der Waals surface area contributed by atoms with Gasteiger partial charge in [-0.3, -0.25) is 20.4 Å². The van der Waals surface area contributed by atoms with E-state index in [0.29, 0.717) is 12.1 Å². The maximum atomic E-state index is 13.0. The van der Waals surface area contributed by atoms with Gasteiger partial charge in [0.05, 0.1) is 4.90 Å². The van der Waals surface area contributed by atoms with E-state index in [1.54, 1.807) is 12.1 Å². The lowest BCUT2D eigenvalue weighted by Gasteiger charge is -2.32. The molecule has 4 rings (SSSR count). The van der Waals surface area contributed by atoms with Crippen LogP contribution in [0.15, 0.2) is 47.4 Å². The molecule has 2 N–H and O–H groups in total. The molecule has 1 heterocycles. The highest BCUT2D eigenvalue weighted by Gasteiger charge is 2.31. The Bertz CT molecular complexity index is 1110. The minimum atomic E-state index is -3.68. The first kappa shape index (κ1) is 21.5. The van der Waals surface area contributed by atoms with Crippen LogP contribution in [0.25, 0.3) is 0 Å². The van der Waals surface area contributed by atoms with Crippen molar-refractivity contribution in [3.8, 4) is 0 Å². The summed E-state index contributed by atoms with van der Waals surface area (Å²) in [7, 11) is -3.68. The maximum Gasteiger partial charge on any atom is 0.269 e.